The van der Waals surface area contributed by atoms with Gasteiger partial charge in [0.05, 0.1) is 16.7 Å². The molecule has 1 aliphatic carbocycles. The van der Waals surface area contributed by atoms with Crippen molar-refractivity contribution in [2.75, 3.05) is 0 Å². The van der Waals surface area contributed by atoms with Gasteiger partial charge in [-0.25, -0.2) is 0 Å². The summed E-state index contributed by atoms with van der Waals surface area (Å²) in [6.07, 6.45) is 4.20. The van der Waals surface area contributed by atoms with Crippen LogP contribution in [0.25, 0.3) is 0 Å². The Morgan fingerprint density at radius 2 is 1.81 bits per heavy atom. The van der Waals surface area contributed by atoms with E-state index in [0.29, 0.717) is 12.0 Å². The molecule has 0 aliphatic heterocycles. The summed E-state index contributed by atoms with van der Waals surface area (Å²) in [4.78, 5) is 38.6. The molecule has 1 aliphatic rings. The van der Waals surface area contributed by atoms with E-state index in [0.717, 1.165) is 0 Å². The molecule has 0 bridgehead atoms. The molecular weight excluding hydrogens is 344 g/mol. The molecule has 0 radical (unpaired) electrons. The van der Waals surface area contributed by atoms with Gasteiger partial charge in [-0.1, -0.05) is 31.2 Å². The van der Waals surface area contributed by atoms with Crippen LogP contribution in [0.2, 0.25) is 0 Å². The summed E-state index contributed by atoms with van der Waals surface area (Å²) in [7, 11) is 0. The molecule has 3 rings (SSSR count). The topological polar surface area (TPSA) is 91.7 Å². The Labute approximate surface area is 157 Å². The second-order valence-electron chi connectivity index (χ2n) is 6.77. The smallest absolute Gasteiger partial charge is 0.201 e. The third-order valence-corrected chi connectivity index (χ3v) is 4.90. The Kier molecular flexibility index (Phi) is 4.70. The third-order valence-electron chi connectivity index (χ3n) is 4.90. The number of carbonyl (C=O) groups excluding carboxylic acids is 3. The molecule has 0 spiro atoms. The summed E-state index contributed by atoms with van der Waals surface area (Å²) >= 11 is 0. The van der Waals surface area contributed by atoms with Gasteiger partial charge < -0.3 is 10.2 Å². The van der Waals surface area contributed by atoms with Crippen LogP contribution in [0.15, 0.2) is 36.4 Å². The lowest BCUT2D eigenvalue weighted by molar-refractivity contribution is 0.0925. The Morgan fingerprint density at radius 1 is 1.11 bits per heavy atom. The highest BCUT2D eigenvalue weighted by Gasteiger charge is 2.37. The van der Waals surface area contributed by atoms with Crippen molar-refractivity contribution in [3.63, 3.8) is 0 Å². The van der Waals surface area contributed by atoms with Crippen molar-refractivity contribution in [1.82, 2.24) is 0 Å². The minimum Gasteiger partial charge on any atom is -0.507 e. The van der Waals surface area contributed by atoms with Gasteiger partial charge in [0.15, 0.2) is 11.6 Å². The maximum atomic E-state index is 12.9. The molecular formula is C22H20O5. The molecule has 0 aromatic heterocycles. The van der Waals surface area contributed by atoms with E-state index in [9.17, 15) is 24.6 Å². The van der Waals surface area contributed by atoms with E-state index in [-0.39, 0.29) is 45.3 Å². The van der Waals surface area contributed by atoms with Crippen LogP contribution < -0.4 is 0 Å². The predicted octanol–water partition coefficient (Wildman–Crippen LogP) is 3.97. The summed E-state index contributed by atoms with van der Waals surface area (Å²) < 4.78 is 0. The zero-order valence-electron chi connectivity index (χ0n) is 15.4. The minimum absolute atomic E-state index is 0.0470. The Balaban J connectivity index is 2.20. The zero-order chi connectivity index (χ0) is 19.9. The molecule has 5 heteroatoms. The number of benzene rings is 2. The number of carbonyl (C=O) groups is 3. The number of rotatable bonds is 4. The Hall–Kier alpha value is -3.21. The number of hydrogen-bond acceptors (Lipinski definition) is 5. The number of phenolic OH excluding ortho intramolecular Hbond substituents is 2. The van der Waals surface area contributed by atoms with Crippen molar-refractivity contribution in [1.29, 1.82) is 0 Å². The van der Waals surface area contributed by atoms with Gasteiger partial charge in [-0.15, -0.1) is 0 Å². The van der Waals surface area contributed by atoms with Crippen molar-refractivity contribution in [2.45, 2.75) is 27.2 Å². The van der Waals surface area contributed by atoms with Crippen LogP contribution in [-0.2, 0) is 0 Å². The molecule has 2 aromatic carbocycles. The van der Waals surface area contributed by atoms with Crippen LogP contribution in [-0.4, -0.2) is 27.6 Å². The molecule has 1 unspecified atom stereocenters. The highest BCUT2D eigenvalue weighted by atomic mass is 16.3. The number of aromatic hydroxyl groups is 2. The van der Waals surface area contributed by atoms with Gasteiger partial charge in [0, 0.05) is 17.0 Å². The van der Waals surface area contributed by atoms with Gasteiger partial charge in [-0.2, -0.15) is 0 Å². The Bertz CT molecular complexity index is 1010. The van der Waals surface area contributed by atoms with Crippen molar-refractivity contribution >= 4 is 17.3 Å². The SMILES string of the molecule is CC=CCC(C)C(=O)c1c(C)cc2c(c1O)C(=O)c1c(O)cccc1C2=O. The molecule has 0 saturated carbocycles. The van der Waals surface area contributed by atoms with Crippen LogP contribution >= 0.6 is 0 Å². The molecule has 5 nitrogen and oxygen atoms in total. The number of aryl methyl sites for hydroxylation is 1. The van der Waals surface area contributed by atoms with Crippen LogP contribution in [0.5, 0.6) is 11.5 Å². The second kappa shape index (κ2) is 6.83. The second-order valence-corrected chi connectivity index (χ2v) is 6.77. The molecule has 138 valence electrons. The van der Waals surface area contributed by atoms with Gasteiger partial charge in [0.2, 0.25) is 5.78 Å². The molecule has 0 heterocycles. The van der Waals surface area contributed by atoms with Crippen molar-refractivity contribution in [2.24, 2.45) is 5.92 Å². The maximum absolute atomic E-state index is 12.9. The minimum atomic E-state index is -0.662. The van der Waals surface area contributed by atoms with Crippen molar-refractivity contribution in [3.05, 3.63) is 69.8 Å². The van der Waals surface area contributed by atoms with E-state index in [2.05, 4.69) is 0 Å². The summed E-state index contributed by atoms with van der Waals surface area (Å²) in [6, 6.07) is 5.73. The van der Waals surface area contributed by atoms with E-state index in [1.54, 1.807) is 13.8 Å². The van der Waals surface area contributed by atoms with Crippen LogP contribution in [0, 0.1) is 12.8 Å². The zero-order valence-corrected chi connectivity index (χ0v) is 15.4. The fourth-order valence-corrected chi connectivity index (χ4v) is 3.45. The number of hydrogen-bond donors (Lipinski definition) is 2. The van der Waals surface area contributed by atoms with E-state index >= 15 is 0 Å². The summed E-state index contributed by atoms with van der Waals surface area (Å²) in [5.74, 6) is -2.63. The van der Waals surface area contributed by atoms with Gasteiger partial charge in [0.1, 0.15) is 11.5 Å². The lowest BCUT2D eigenvalue weighted by atomic mass is 9.79. The first-order chi connectivity index (χ1) is 12.8. The third kappa shape index (κ3) is 2.85. The number of ketones is 3. The lowest BCUT2D eigenvalue weighted by Gasteiger charge is -2.22. The van der Waals surface area contributed by atoms with Crippen LogP contribution in [0.4, 0.5) is 0 Å². The highest BCUT2D eigenvalue weighted by Crippen LogP contribution is 2.40. The maximum Gasteiger partial charge on any atom is 0.201 e. The van der Waals surface area contributed by atoms with Crippen LogP contribution in [0.3, 0.4) is 0 Å². The summed E-state index contributed by atoms with van der Waals surface area (Å²) in [6.45, 7) is 5.23. The van der Waals surface area contributed by atoms with Crippen LogP contribution in [0.1, 0.15) is 68.0 Å². The quantitative estimate of drug-likeness (QED) is 0.540. The fourth-order valence-electron chi connectivity index (χ4n) is 3.45. The first-order valence-electron chi connectivity index (χ1n) is 8.72. The summed E-state index contributed by atoms with van der Waals surface area (Å²) in [5.41, 5.74) is 0.257. The van der Waals surface area contributed by atoms with Gasteiger partial charge in [0.25, 0.3) is 0 Å². The molecule has 2 N–H and O–H groups in total. The van der Waals surface area contributed by atoms with Crippen molar-refractivity contribution < 1.29 is 24.6 Å². The largest absolute Gasteiger partial charge is 0.507 e. The van der Waals surface area contributed by atoms with E-state index in [1.807, 2.05) is 19.1 Å². The van der Waals surface area contributed by atoms with E-state index in [4.69, 9.17) is 0 Å². The molecule has 0 saturated heterocycles. The number of phenols is 2. The van der Waals surface area contributed by atoms with Gasteiger partial charge in [-0.05, 0) is 38.0 Å². The molecule has 0 fully saturated rings. The number of allylic oxidation sites excluding steroid dienone is 2. The molecule has 2 aromatic rings. The lowest BCUT2D eigenvalue weighted by Crippen LogP contribution is -2.23. The van der Waals surface area contributed by atoms with Crippen molar-refractivity contribution in [3.8, 4) is 11.5 Å². The first kappa shape index (κ1) is 18.6. The number of fused-ring (bicyclic) bond motifs is 2. The first-order valence-corrected chi connectivity index (χ1v) is 8.72. The Morgan fingerprint density at radius 3 is 2.48 bits per heavy atom. The molecule has 0 amide bonds. The molecule has 1 atom stereocenters. The normalized spacial score (nSPS) is 14.2. The van der Waals surface area contributed by atoms with Gasteiger partial charge in [-0.3, -0.25) is 14.4 Å². The molecule has 27 heavy (non-hydrogen) atoms. The highest BCUT2D eigenvalue weighted by molar-refractivity contribution is 6.31. The predicted molar refractivity (Wildman–Crippen MR) is 101 cm³/mol. The number of Topliss-reactive ketones (excluding diaryl/α,β-unsaturated/α-hetero) is 1. The summed E-state index contributed by atoms with van der Waals surface area (Å²) in [5, 5.41) is 20.8. The van der Waals surface area contributed by atoms with Gasteiger partial charge >= 0.3 is 0 Å². The average Bonchev–Trinajstić information content (AvgIpc) is 2.63. The van der Waals surface area contributed by atoms with E-state index < -0.39 is 17.3 Å². The monoisotopic (exact) mass is 364 g/mol. The van der Waals surface area contributed by atoms with E-state index in [1.165, 1.54) is 24.3 Å². The average molecular weight is 364 g/mol. The standard InChI is InChI=1S/C22H20O5/c1-4-5-7-11(2)19(24)16-12(3)10-14-18(21(16)26)22(27)17-13(20(14)25)8-6-9-15(17)23/h4-6,8-11,23,26H,7H2,1-3H3. The fraction of sp³-hybridized carbons (Fsp3) is 0.227.